The van der Waals surface area contributed by atoms with Gasteiger partial charge in [-0.25, -0.2) is 4.39 Å². The van der Waals surface area contributed by atoms with Crippen molar-refractivity contribution >= 4 is 23.2 Å². The van der Waals surface area contributed by atoms with E-state index >= 15 is 0 Å². The first kappa shape index (κ1) is 9.78. The molecule has 0 saturated carbocycles. The van der Waals surface area contributed by atoms with Gasteiger partial charge in [-0.2, -0.15) is 0 Å². The van der Waals surface area contributed by atoms with Gasteiger partial charge in [0.05, 0.1) is 17.0 Å². The Bertz CT molecular complexity index is 278. The van der Waals surface area contributed by atoms with Crippen LogP contribution in [0.15, 0.2) is 18.2 Å². The third-order valence-corrected chi connectivity index (χ3v) is 2.07. The third-order valence-electron chi connectivity index (χ3n) is 1.49. The van der Waals surface area contributed by atoms with Crippen LogP contribution in [0.2, 0.25) is 5.02 Å². The van der Waals surface area contributed by atoms with E-state index in [4.69, 9.17) is 23.2 Å². The second kappa shape index (κ2) is 4.08. The van der Waals surface area contributed by atoms with Gasteiger partial charge in [0.2, 0.25) is 0 Å². The monoisotopic (exact) mass is 208 g/mol. The molecule has 0 spiro atoms. The molecule has 0 aliphatic rings. The van der Waals surface area contributed by atoms with Gasteiger partial charge in [-0.3, -0.25) is 0 Å². The molecular formula is C8H7Cl2FO. The second-order valence-electron chi connectivity index (χ2n) is 2.31. The molecule has 12 heavy (non-hydrogen) atoms. The van der Waals surface area contributed by atoms with Crippen molar-refractivity contribution < 1.29 is 9.50 Å². The number of hydrogen-bond donors (Lipinski definition) is 1. The fourth-order valence-electron chi connectivity index (χ4n) is 0.861. The fourth-order valence-corrected chi connectivity index (χ4v) is 1.21. The highest BCUT2D eigenvalue weighted by Crippen LogP contribution is 2.23. The Morgan fingerprint density at radius 2 is 2.17 bits per heavy atom. The van der Waals surface area contributed by atoms with Crippen LogP contribution in [0.4, 0.5) is 4.39 Å². The molecule has 0 bridgehead atoms. The molecule has 1 rings (SSSR count). The van der Waals surface area contributed by atoms with Crippen molar-refractivity contribution in [2.75, 3.05) is 5.88 Å². The lowest BCUT2D eigenvalue weighted by molar-refractivity contribution is 0.197. The van der Waals surface area contributed by atoms with Crippen molar-refractivity contribution in [3.05, 3.63) is 34.6 Å². The quantitative estimate of drug-likeness (QED) is 0.742. The molecule has 1 aromatic carbocycles. The Morgan fingerprint density at radius 3 is 2.75 bits per heavy atom. The maximum absolute atomic E-state index is 13.1. The number of halogens is 3. The normalized spacial score (nSPS) is 13.0. The van der Waals surface area contributed by atoms with E-state index in [1.54, 1.807) is 6.07 Å². The molecule has 1 unspecified atom stereocenters. The minimum Gasteiger partial charge on any atom is -0.387 e. The van der Waals surface area contributed by atoms with Gasteiger partial charge in [0, 0.05) is 5.56 Å². The zero-order valence-electron chi connectivity index (χ0n) is 6.10. The highest BCUT2D eigenvalue weighted by molar-refractivity contribution is 6.30. The molecule has 1 aromatic rings. The lowest BCUT2D eigenvalue weighted by atomic mass is 10.1. The Morgan fingerprint density at radius 1 is 1.50 bits per heavy atom. The molecule has 0 aliphatic heterocycles. The summed E-state index contributed by atoms with van der Waals surface area (Å²) >= 11 is 10.8. The molecule has 0 radical (unpaired) electrons. The van der Waals surface area contributed by atoms with Gasteiger partial charge >= 0.3 is 0 Å². The van der Waals surface area contributed by atoms with Crippen LogP contribution in [-0.2, 0) is 0 Å². The summed E-state index contributed by atoms with van der Waals surface area (Å²) in [5, 5.41) is 9.20. The molecular weight excluding hydrogens is 202 g/mol. The maximum atomic E-state index is 13.1. The smallest absolute Gasteiger partial charge is 0.147 e. The number of benzene rings is 1. The van der Waals surface area contributed by atoms with Gasteiger partial charge in [-0.1, -0.05) is 23.7 Å². The minimum absolute atomic E-state index is 0.00309. The Hall–Kier alpha value is -0.310. The molecule has 0 aliphatic carbocycles. The van der Waals surface area contributed by atoms with Crippen molar-refractivity contribution in [1.29, 1.82) is 0 Å². The molecule has 0 amide bonds. The average molecular weight is 209 g/mol. The van der Waals surface area contributed by atoms with Gasteiger partial charge in [-0.15, -0.1) is 11.6 Å². The van der Waals surface area contributed by atoms with E-state index in [0.29, 0.717) is 0 Å². The van der Waals surface area contributed by atoms with Gasteiger partial charge in [0.25, 0.3) is 0 Å². The van der Waals surface area contributed by atoms with Crippen molar-refractivity contribution in [2.24, 2.45) is 0 Å². The van der Waals surface area contributed by atoms with Crippen LogP contribution in [0.3, 0.4) is 0 Å². The summed E-state index contributed by atoms with van der Waals surface area (Å²) in [6, 6.07) is 4.44. The maximum Gasteiger partial charge on any atom is 0.147 e. The van der Waals surface area contributed by atoms with E-state index in [1.807, 2.05) is 0 Å². The molecule has 1 nitrogen and oxygen atoms in total. The van der Waals surface area contributed by atoms with Crippen LogP contribution in [0.1, 0.15) is 11.7 Å². The lowest BCUT2D eigenvalue weighted by Gasteiger charge is -2.08. The summed E-state index contributed by atoms with van der Waals surface area (Å²) in [6.45, 7) is 0. The average Bonchev–Trinajstić information content (AvgIpc) is 2.08. The predicted molar refractivity (Wildman–Crippen MR) is 47.1 cm³/mol. The fraction of sp³-hybridized carbons (Fsp3) is 0.250. The highest BCUT2D eigenvalue weighted by Gasteiger charge is 2.13. The summed E-state index contributed by atoms with van der Waals surface area (Å²) < 4.78 is 13.1. The van der Waals surface area contributed by atoms with Crippen LogP contribution in [0.25, 0.3) is 0 Å². The zero-order valence-corrected chi connectivity index (χ0v) is 7.61. The zero-order chi connectivity index (χ0) is 9.14. The summed E-state index contributed by atoms with van der Waals surface area (Å²) in [6.07, 6.45) is -0.995. The molecule has 4 heteroatoms. The van der Waals surface area contributed by atoms with E-state index in [2.05, 4.69) is 0 Å². The summed E-state index contributed by atoms with van der Waals surface area (Å²) in [5.74, 6) is -0.649. The topological polar surface area (TPSA) is 20.2 Å². The lowest BCUT2D eigenvalue weighted by Crippen LogP contribution is -2.01. The van der Waals surface area contributed by atoms with E-state index in [0.717, 1.165) is 0 Å². The van der Waals surface area contributed by atoms with Crippen LogP contribution in [0.5, 0.6) is 0 Å². The third kappa shape index (κ3) is 1.89. The van der Waals surface area contributed by atoms with Gasteiger partial charge in [-0.05, 0) is 6.07 Å². The van der Waals surface area contributed by atoms with E-state index < -0.39 is 11.9 Å². The van der Waals surface area contributed by atoms with Crippen LogP contribution < -0.4 is 0 Å². The summed E-state index contributed by atoms with van der Waals surface area (Å²) in [4.78, 5) is 0. The van der Waals surface area contributed by atoms with Crippen molar-refractivity contribution in [3.8, 4) is 0 Å². The largest absolute Gasteiger partial charge is 0.387 e. The SMILES string of the molecule is OC(CCl)c1cccc(Cl)c1F. The van der Waals surface area contributed by atoms with Gasteiger partial charge in [0.15, 0.2) is 0 Å². The summed E-state index contributed by atoms with van der Waals surface area (Å²) in [7, 11) is 0. The number of alkyl halides is 1. The molecule has 66 valence electrons. The molecule has 0 saturated heterocycles. The molecule has 0 fully saturated rings. The first-order chi connectivity index (χ1) is 5.66. The first-order valence-electron chi connectivity index (χ1n) is 3.34. The van der Waals surface area contributed by atoms with Crippen molar-refractivity contribution in [2.45, 2.75) is 6.10 Å². The van der Waals surface area contributed by atoms with E-state index in [-0.39, 0.29) is 16.5 Å². The van der Waals surface area contributed by atoms with E-state index in [1.165, 1.54) is 12.1 Å². The number of aliphatic hydroxyl groups is 1. The van der Waals surface area contributed by atoms with Crippen LogP contribution in [-0.4, -0.2) is 11.0 Å². The predicted octanol–water partition coefficient (Wildman–Crippen LogP) is 2.75. The number of aliphatic hydroxyl groups excluding tert-OH is 1. The first-order valence-corrected chi connectivity index (χ1v) is 4.26. The highest BCUT2D eigenvalue weighted by atomic mass is 35.5. The second-order valence-corrected chi connectivity index (χ2v) is 3.03. The molecule has 0 heterocycles. The Labute approximate surface area is 79.7 Å². The van der Waals surface area contributed by atoms with Crippen molar-refractivity contribution in [1.82, 2.24) is 0 Å². The van der Waals surface area contributed by atoms with Crippen LogP contribution in [0, 0.1) is 5.82 Å². The van der Waals surface area contributed by atoms with Crippen LogP contribution >= 0.6 is 23.2 Å². The Balaban J connectivity index is 3.07. The van der Waals surface area contributed by atoms with Gasteiger partial charge < -0.3 is 5.11 Å². The number of rotatable bonds is 2. The van der Waals surface area contributed by atoms with E-state index in [9.17, 15) is 9.50 Å². The molecule has 0 aromatic heterocycles. The Kier molecular flexibility index (Phi) is 3.32. The summed E-state index contributed by atoms with van der Waals surface area (Å²) in [5.41, 5.74) is 0.137. The van der Waals surface area contributed by atoms with Crippen molar-refractivity contribution in [3.63, 3.8) is 0 Å². The molecule has 1 atom stereocenters. The van der Waals surface area contributed by atoms with Gasteiger partial charge in [0.1, 0.15) is 5.82 Å². The number of hydrogen-bond acceptors (Lipinski definition) is 1. The standard InChI is InChI=1S/C8H7Cl2FO/c9-4-7(12)5-2-1-3-6(10)8(5)11/h1-3,7,12H,4H2. The molecule has 1 N–H and O–H groups in total. The minimum atomic E-state index is -0.995.